The van der Waals surface area contributed by atoms with Gasteiger partial charge in [-0.15, -0.1) is 0 Å². The Bertz CT molecular complexity index is 560. The van der Waals surface area contributed by atoms with E-state index in [1.165, 1.54) is 12.1 Å². The third kappa shape index (κ3) is 3.36. The highest BCUT2D eigenvalue weighted by Gasteiger charge is 2.30. The number of amides is 1. The number of aromatic nitrogens is 2. The van der Waals surface area contributed by atoms with Crippen molar-refractivity contribution in [3.63, 3.8) is 0 Å². The van der Waals surface area contributed by atoms with E-state index in [1.54, 1.807) is 0 Å². The largest absolute Gasteiger partial charge is 0.376 e. The lowest BCUT2D eigenvalue weighted by molar-refractivity contribution is -0.0424. The summed E-state index contributed by atoms with van der Waals surface area (Å²) in [5.74, 6) is -0.106. The van der Waals surface area contributed by atoms with Crippen molar-refractivity contribution < 1.29 is 9.53 Å². The summed E-state index contributed by atoms with van der Waals surface area (Å²) in [6.07, 6.45) is 2.24. The average molecular weight is 306 g/mol. The van der Waals surface area contributed by atoms with Crippen LogP contribution in [-0.4, -0.2) is 70.8 Å². The standard InChI is InChI=1S/C15H22N4O3/c1-11-10-19(8-9-22-11)12-4-6-18(7-5-12)15(21)13-2-3-14(20)17-16-13/h2-3,11-12H,4-10H2,1H3,(H,17,20)/t11-/m1/s1. The summed E-state index contributed by atoms with van der Waals surface area (Å²) in [5.41, 5.74) is 0.00902. The molecule has 7 nitrogen and oxygen atoms in total. The van der Waals surface area contributed by atoms with E-state index in [1.807, 2.05) is 4.90 Å². The molecule has 0 spiro atoms. The number of H-pyrrole nitrogens is 1. The van der Waals surface area contributed by atoms with Gasteiger partial charge in [-0.2, -0.15) is 5.10 Å². The van der Waals surface area contributed by atoms with Gasteiger partial charge < -0.3 is 9.64 Å². The zero-order valence-corrected chi connectivity index (χ0v) is 12.8. The number of piperidine rings is 1. The van der Waals surface area contributed by atoms with Gasteiger partial charge in [0.05, 0.1) is 12.7 Å². The molecule has 7 heteroatoms. The number of rotatable bonds is 2. The number of nitrogens with one attached hydrogen (secondary N) is 1. The highest BCUT2D eigenvalue weighted by Crippen LogP contribution is 2.20. The van der Waals surface area contributed by atoms with Gasteiger partial charge in [0.25, 0.3) is 11.5 Å². The first-order valence-electron chi connectivity index (χ1n) is 7.84. The third-order valence-corrected chi connectivity index (χ3v) is 4.44. The molecule has 1 N–H and O–H groups in total. The first-order valence-corrected chi connectivity index (χ1v) is 7.84. The number of carbonyl (C=O) groups is 1. The number of hydrogen-bond acceptors (Lipinski definition) is 5. The Morgan fingerprint density at radius 1 is 1.32 bits per heavy atom. The van der Waals surface area contributed by atoms with Gasteiger partial charge in [-0.25, -0.2) is 5.10 Å². The summed E-state index contributed by atoms with van der Waals surface area (Å²) >= 11 is 0. The van der Waals surface area contributed by atoms with Crippen molar-refractivity contribution in [3.05, 3.63) is 28.2 Å². The summed E-state index contributed by atoms with van der Waals surface area (Å²) in [5, 5.41) is 6.13. The molecule has 0 bridgehead atoms. The van der Waals surface area contributed by atoms with E-state index >= 15 is 0 Å². The lowest BCUT2D eigenvalue weighted by Gasteiger charge is -2.41. The van der Waals surface area contributed by atoms with E-state index in [9.17, 15) is 9.59 Å². The zero-order valence-electron chi connectivity index (χ0n) is 12.8. The van der Waals surface area contributed by atoms with Crippen LogP contribution >= 0.6 is 0 Å². The van der Waals surface area contributed by atoms with E-state index in [-0.39, 0.29) is 11.5 Å². The molecule has 1 amide bonds. The minimum absolute atomic E-state index is 0.106. The molecular weight excluding hydrogens is 284 g/mol. The highest BCUT2D eigenvalue weighted by molar-refractivity contribution is 5.92. The van der Waals surface area contributed by atoms with E-state index in [0.29, 0.717) is 17.8 Å². The molecule has 0 aromatic carbocycles. The summed E-state index contributed by atoms with van der Waals surface area (Å²) in [6, 6.07) is 3.35. The Kier molecular flexibility index (Phi) is 4.54. The molecule has 3 heterocycles. The summed E-state index contributed by atoms with van der Waals surface area (Å²) < 4.78 is 5.58. The second-order valence-electron chi connectivity index (χ2n) is 6.01. The van der Waals surface area contributed by atoms with Gasteiger partial charge in [0.15, 0.2) is 0 Å². The van der Waals surface area contributed by atoms with Crippen molar-refractivity contribution in [1.82, 2.24) is 20.0 Å². The lowest BCUT2D eigenvalue weighted by Crippen LogP contribution is -2.51. The Balaban J connectivity index is 1.56. The first kappa shape index (κ1) is 15.2. The molecule has 2 fully saturated rings. The Labute approximate surface area is 129 Å². The molecule has 120 valence electrons. The summed E-state index contributed by atoms with van der Waals surface area (Å²) in [6.45, 7) is 6.31. The Hall–Kier alpha value is -1.73. The molecule has 3 rings (SSSR count). The van der Waals surface area contributed by atoms with Gasteiger partial charge in [-0.05, 0) is 25.8 Å². The average Bonchev–Trinajstić information content (AvgIpc) is 2.55. The number of likely N-dealkylation sites (tertiary alicyclic amines) is 1. The van der Waals surface area contributed by atoms with Crippen LogP contribution in [0.15, 0.2) is 16.9 Å². The maximum absolute atomic E-state index is 12.4. The number of hydrogen-bond donors (Lipinski definition) is 1. The molecule has 0 radical (unpaired) electrons. The van der Waals surface area contributed by atoms with Crippen LogP contribution in [0, 0.1) is 0 Å². The number of carbonyl (C=O) groups excluding carboxylic acids is 1. The van der Waals surface area contributed by atoms with E-state index < -0.39 is 0 Å². The van der Waals surface area contributed by atoms with Gasteiger partial charge in [-0.1, -0.05) is 0 Å². The van der Waals surface area contributed by atoms with Crippen LogP contribution in [0.5, 0.6) is 0 Å². The number of morpholine rings is 1. The van der Waals surface area contributed by atoms with Crippen LogP contribution in [0.3, 0.4) is 0 Å². The fraction of sp³-hybridized carbons (Fsp3) is 0.667. The molecule has 2 aliphatic rings. The van der Waals surface area contributed by atoms with Gasteiger partial charge in [-0.3, -0.25) is 14.5 Å². The normalized spacial score (nSPS) is 24.4. The van der Waals surface area contributed by atoms with Gasteiger partial charge >= 0.3 is 0 Å². The zero-order chi connectivity index (χ0) is 15.5. The molecule has 2 saturated heterocycles. The second kappa shape index (κ2) is 6.58. The quantitative estimate of drug-likeness (QED) is 0.838. The molecule has 1 aromatic rings. The topological polar surface area (TPSA) is 78.5 Å². The van der Waals surface area contributed by atoms with Crippen molar-refractivity contribution in [2.45, 2.75) is 31.9 Å². The molecule has 0 unspecified atom stereocenters. The van der Waals surface area contributed by atoms with Crippen LogP contribution in [0.1, 0.15) is 30.3 Å². The SMILES string of the molecule is C[C@@H]1CN(C2CCN(C(=O)c3ccc(=O)[nH]n3)CC2)CCO1. The molecular formula is C15H22N4O3. The van der Waals surface area contributed by atoms with Crippen molar-refractivity contribution in [2.75, 3.05) is 32.8 Å². The van der Waals surface area contributed by atoms with E-state index in [0.717, 1.165) is 45.6 Å². The van der Waals surface area contributed by atoms with Crippen LogP contribution in [0.4, 0.5) is 0 Å². The van der Waals surface area contributed by atoms with Crippen molar-refractivity contribution in [3.8, 4) is 0 Å². The van der Waals surface area contributed by atoms with Crippen LogP contribution in [0.2, 0.25) is 0 Å². The van der Waals surface area contributed by atoms with Crippen LogP contribution in [-0.2, 0) is 4.74 Å². The fourth-order valence-corrected chi connectivity index (χ4v) is 3.24. The van der Waals surface area contributed by atoms with Crippen LogP contribution in [0.25, 0.3) is 0 Å². The van der Waals surface area contributed by atoms with Gasteiger partial charge in [0.2, 0.25) is 0 Å². The molecule has 1 aromatic heterocycles. The van der Waals surface area contributed by atoms with E-state index in [4.69, 9.17) is 4.74 Å². The maximum atomic E-state index is 12.4. The van der Waals surface area contributed by atoms with Crippen molar-refractivity contribution in [2.24, 2.45) is 0 Å². The number of aromatic amines is 1. The monoisotopic (exact) mass is 306 g/mol. The maximum Gasteiger partial charge on any atom is 0.274 e. The van der Waals surface area contributed by atoms with Crippen molar-refractivity contribution in [1.29, 1.82) is 0 Å². The molecule has 22 heavy (non-hydrogen) atoms. The van der Waals surface area contributed by atoms with Gasteiger partial charge in [0.1, 0.15) is 5.69 Å². The van der Waals surface area contributed by atoms with Crippen molar-refractivity contribution >= 4 is 5.91 Å². The molecule has 0 aliphatic carbocycles. The Morgan fingerprint density at radius 3 is 2.73 bits per heavy atom. The number of nitrogens with zero attached hydrogens (tertiary/aromatic N) is 3. The van der Waals surface area contributed by atoms with Crippen LogP contribution < -0.4 is 5.56 Å². The minimum atomic E-state index is -0.295. The molecule has 1 atom stereocenters. The lowest BCUT2D eigenvalue weighted by atomic mass is 10.0. The highest BCUT2D eigenvalue weighted by atomic mass is 16.5. The smallest absolute Gasteiger partial charge is 0.274 e. The number of ether oxygens (including phenoxy) is 1. The summed E-state index contributed by atoms with van der Waals surface area (Å²) in [4.78, 5) is 27.7. The summed E-state index contributed by atoms with van der Waals surface area (Å²) in [7, 11) is 0. The fourth-order valence-electron chi connectivity index (χ4n) is 3.24. The Morgan fingerprint density at radius 2 is 2.09 bits per heavy atom. The second-order valence-corrected chi connectivity index (χ2v) is 6.01. The first-order chi connectivity index (χ1) is 10.6. The predicted octanol–water partition coefficient (Wildman–Crippen LogP) is 0.0952. The third-order valence-electron chi connectivity index (χ3n) is 4.44. The molecule has 2 aliphatic heterocycles. The van der Waals surface area contributed by atoms with Gasteiger partial charge in [0, 0.05) is 38.3 Å². The minimum Gasteiger partial charge on any atom is -0.376 e. The predicted molar refractivity (Wildman–Crippen MR) is 80.8 cm³/mol. The molecule has 0 saturated carbocycles. The van der Waals surface area contributed by atoms with E-state index in [2.05, 4.69) is 22.0 Å².